The fraction of sp³-hybridized carbons (Fsp3) is 0.333. The normalized spacial score (nSPS) is 11.6. The van der Waals surface area contributed by atoms with E-state index in [0.717, 1.165) is 13.2 Å². The van der Waals surface area contributed by atoms with Gasteiger partial charge < -0.3 is 14.8 Å². The Balaban J connectivity index is 3.08. The van der Waals surface area contributed by atoms with Crippen molar-refractivity contribution in [1.29, 1.82) is 0 Å². The zero-order chi connectivity index (χ0) is 14.6. The summed E-state index contributed by atoms with van der Waals surface area (Å²) in [4.78, 5) is 22.5. The maximum absolute atomic E-state index is 13.5. The van der Waals surface area contributed by atoms with E-state index in [2.05, 4.69) is 14.8 Å². The quantitative estimate of drug-likeness (QED) is 0.846. The lowest BCUT2D eigenvalue weighted by atomic mass is 10.1. The molecule has 0 radical (unpaired) electrons. The molecule has 0 saturated heterocycles. The number of halogens is 2. The standard InChI is InChI=1S/C12H13F2NO4/c1-6(11(16)18-2)15-10-4-7(12(17)19-3)8(13)5-9(10)14/h4-6,15H,1-3H3. The van der Waals surface area contributed by atoms with Crippen LogP contribution >= 0.6 is 0 Å². The Morgan fingerprint density at radius 1 is 1.16 bits per heavy atom. The summed E-state index contributed by atoms with van der Waals surface area (Å²) in [5.74, 6) is -3.53. The van der Waals surface area contributed by atoms with E-state index in [0.29, 0.717) is 6.07 Å². The predicted octanol–water partition coefficient (Wildman–Crippen LogP) is 1.72. The lowest BCUT2D eigenvalue weighted by Gasteiger charge is -2.14. The van der Waals surface area contributed by atoms with Crippen LogP contribution in [-0.4, -0.2) is 32.2 Å². The first-order chi connectivity index (χ1) is 8.90. The molecule has 0 bridgehead atoms. The van der Waals surface area contributed by atoms with Crippen molar-refractivity contribution in [2.45, 2.75) is 13.0 Å². The molecule has 0 fully saturated rings. The van der Waals surface area contributed by atoms with Crippen LogP contribution in [0.5, 0.6) is 0 Å². The lowest BCUT2D eigenvalue weighted by Crippen LogP contribution is -2.27. The average molecular weight is 273 g/mol. The molecule has 104 valence electrons. The van der Waals surface area contributed by atoms with Crippen molar-refractivity contribution < 1.29 is 27.8 Å². The number of rotatable bonds is 4. The fourth-order valence-electron chi connectivity index (χ4n) is 1.39. The van der Waals surface area contributed by atoms with Crippen molar-refractivity contribution in [1.82, 2.24) is 0 Å². The number of carbonyl (C=O) groups is 2. The van der Waals surface area contributed by atoms with Crippen molar-refractivity contribution in [3.05, 3.63) is 29.3 Å². The molecule has 7 heteroatoms. The number of hydrogen-bond acceptors (Lipinski definition) is 5. The van der Waals surface area contributed by atoms with E-state index in [1.807, 2.05) is 0 Å². The van der Waals surface area contributed by atoms with Gasteiger partial charge in [0.1, 0.15) is 17.7 Å². The zero-order valence-electron chi connectivity index (χ0n) is 10.6. The summed E-state index contributed by atoms with van der Waals surface area (Å²) >= 11 is 0. The molecule has 1 unspecified atom stereocenters. The SMILES string of the molecule is COC(=O)c1cc(NC(C)C(=O)OC)c(F)cc1F. The Hall–Kier alpha value is -2.18. The van der Waals surface area contributed by atoms with Crippen molar-refractivity contribution in [2.24, 2.45) is 0 Å². The summed E-state index contributed by atoms with van der Waals surface area (Å²) in [6.45, 7) is 1.44. The molecule has 0 amide bonds. The third kappa shape index (κ3) is 3.40. The van der Waals surface area contributed by atoms with E-state index in [1.165, 1.54) is 14.0 Å². The van der Waals surface area contributed by atoms with Crippen molar-refractivity contribution in [3.63, 3.8) is 0 Å². The fourth-order valence-corrected chi connectivity index (χ4v) is 1.39. The molecule has 0 aliphatic rings. The highest BCUT2D eigenvalue weighted by molar-refractivity contribution is 5.91. The van der Waals surface area contributed by atoms with E-state index in [1.54, 1.807) is 0 Å². The van der Waals surface area contributed by atoms with Gasteiger partial charge in [0.05, 0.1) is 25.5 Å². The predicted molar refractivity (Wildman–Crippen MR) is 62.8 cm³/mol. The minimum absolute atomic E-state index is 0.195. The van der Waals surface area contributed by atoms with E-state index in [9.17, 15) is 18.4 Å². The number of hydrogen-bond donors (Lipinski definition) is 1. The van der Waals surface area contributed by atoms with E-state index < -0.39 is 35.2 Å². The van der Waals surface area contributed by atoms with E-state index in [4.69, 9.17) is 0 Å². The Morgan fingerprint density at radius 3 is 2.32 bits per heavy atom. The second-order valence-electron chi connectivity index (χ2n) is 3.69. The van der Waals surface area contributed by atoms with Gasteiger partial charge in [0, 0.05) is 6.07 Å². The Bertz CT molecular complexity index is 505. The minimum Gasteiger partial charge on any atom is -0.467 e. The molecule has 1 atom stereocenters. The van der Waals surface area contributed by atoms with Crippen LogP contribution < -0.4 is 5.32 Å². The molecule has 19 heavy (non-hydrogen) atoms. The van der Waals surface area contributed by atoms with Gasteiger partial charge in [-0.25, -0.2) is 18.4 Å². The molecule has 0 saturated carbocycles. The first kappa shape index (κ1) is 14.9. The summed E-state index contributed by atoms with van der Waals surface area (Å²) in [7, 11) is 2.26. The van der Waals surface area contributed by atoms with Crippen LogP contribution in [0.25, 0.3) is 0 Å². The maximum atomic E-state index is 13.5. The van der Waals surface area contributed by atoms with Gasteiger partial charge in [-0.3, -0.25) is 0 Å². The average Bonchev–Trinajstić information content (AvgIpc) is 2.39. The number of esters is 2. The Kier molecular flexibility index (Phi) is 4.80. The van der Waals surface area contributed by atoms with Gasteiger partial charge in [-0.1, -0.05) is 0 Å². The third-order valence-electron chi connectivity index (χ3n) is 2.39. The Morgan fingerprint density at radius 2 is 1.79 bits per heavy atom. The molecule has 1 rings (SSSR count). The molecule has 1 N–H and O–H groups in total. The molecule has 0 heterocycles. The topological polar surface area (TPSA) is 64.6 Å². The van der Waals surface area contributed by atoms with E-state index in [-0.39, 0.29) is 5.69 Å². The molecular formula is C12H13F2NO4. The van der Waals surface area contributed by atoms with Crippen LogP contribution in [0.2, 0.25) is 0 Å². The van der Waals surface area contributed by atoms with Gasteiger partial charge in [-0.05, 0) is 13.0 Å². The second kappa shape index (κ2) is 6.12. The maximum Gasteiger partial charge on any atom is 0.340 e. The first-order valence-corrected chi connectivity index (χ1v) is 5.32. The molecule has 0 aliphatic carbocycles. The molecule has 5 nitrogen and oxygen atoms in total. The number of nitrogens with one attached hydrogen (secondary N) is 1. The first-order valence-electron chi connectivity index (χ1n) is 5.32. The number of ether oxygens (including phenoxy) is 2. The lowest BCUT2D eigenvalue weighted by molar-refractivity contribution is -0.141. The van der Waals surface area contributed by atoms with Gasteiger partial charge >= 0.3 is 11.9 Å². The number of anilines is 1. The molecule has 0 aliphatic heterocycles. The number of carbonyl (C=O) groups excluding carboxylic acids is 2. The largest absolute Gasteiger partial charge is 0.467 e. The summed E-state index contributed by atoms with van der Waals surface area (Å²) in [6, 6.07) is 0.629. The number of methoxy groups -OCH3 is 2. The van der Waals surface area contributed by atoms with Crippen molar-refractivity contribution in [2.75, 3.05) is 19.5 Å². The highest BCUT2D eigenvalue weighted by Crippen LogP contribution is 2.21. The molecule has 0 aromatic heterocycles. The summed E-state index contributed by atoms with van der Waals surface area (Å²) in [5, 5.41) is 2.48. The van der Waals surface area contributed by atoms with Gasteiger partial charge in [0.25, 0.3) is 0 Å². The van der Waals surface area contributed by atoms with E-state index >= 15 is 0 Å². The van der Waals surface area contributed by atoms with Crippen LogP contribution in [0.4, 0.5) is 14.5 Å². The summed E-state index contributed by atoms with van der Waals surface area (Å²) < 4.78 is 35.7. The number of benzene rings is 1. The van der Waals surface area contributed by atoms with Crippen LogP contribution in [-0.2, 0) is 14.3 Å². The molecular weight excluding hydrogens is 260 g/mol. The monoisotopic (exact) mass is 273 g/mol. The smallest absolute Gasteiger partial charge is 0.340 e. The van der Waals surface area contributed by atoms with Crippen LogP contribution in [0, 0.1) is 11.6 Å². The van der Waals surface area contributed by atoms with Crippen molar-refractivity contribution in [3.8, 4) is 0 Å². The third-order valence-corrected chi connectivity index (χ3v) is 2.39. The van der Waals surface area contributed by atoms with Gasteiger partial charge in [-0.15, -0.1) is 0 Å². The van der Waals surface area contributed by atoms with Gasteiger partial charge in [-0.2, -0.15) is 0 Å². The van der Waals surface area contributed by atoms with Gasteiger partial charge in [0.2, 0.25) is 0 Å². The van der Waals surface area contributed by atoms with Gasteiger partial charge in [0.15, 0.2) is 0 Å². The zero-order valence-corrected chi connectivity index (χ0v) is 10.6. The second-order valence-corrected chi connectivity index (χ2v) is 3.69. The molecule has 1 aromatic carbocycles. The highest BCUT2D eigenvalue weighted by Gasteiger charge is 2.19. The van der Waals surface area contributed by atoms with Crippen molar-refractivity contribution >= 4 is 17.6 Å². The van der Waals surface area contributed by atoms with Crippen LogP contribution in [0.1, 0.15) is 17.3 Å². The Labute approximate surface area is 108 Å². The highest BCUT2D eigenvalue weighted by atomic mass is 19.1. The molecule has 1 aromatic rings. The van der Waals surface area contributed by atoms with Crippen LogP contribution in [0.3, 0.4) is 0 Å². The summed E-state index contributed by atoms with van der Waals surface area (Å²) in [5.41, 5.74) is -0.622. The summed E-state index contributed by atoms with van der Waals surface area (Å²) in [6.07, 6.45) is 0. The molecule has 0 spiro atoms. The van der Waals surface area contributed by atoms with Crippen LogP contribution in [0.15, 0.2) is 12.1 Å². The minimum atomic E-state index is -1.04.